The molecule has 1 rings (SSSR count). The topological polar surface area (TPSA) is 65.0 Å². The molecule has 18 heavy (non-hydrogen) atoms. The van der Waals surface area contributed by atoms with Crippen LogP contribution < -0.4 is 9.47 Å². The minimum atomic E-state index is -0.247. The number of aromatic hydroxyl groups is 1. The van der Waals surface area contributed by atoms with Crippen LogP contribution in [0.2, 0.25) is 0 Å². The number of hydrogen-bond donors (Lipinski definition) is 1. The van der Waals surface area contributed by atoms with Crippen molar-refractivity contribution in [3.05, 3.63) is 17.7 Å². The third kappa shape index (κ3) is 3.55. The van der Waals surface area contributed by atoms with Crippen molar-refractivity contribution < 1.29 is 24.1 Å². The Bertz CT molecular complexity index is 389. The molecule has 1 aromatic rings. The van der Waals surface area contributed by atoms with Crippen LogP contribution in [-0.2, 0) is 16.0 Å². The van der Waals surface area contributed by atoms with Crippen LogP contribution >= 0.6 is 0 Å². The predicted molar refractivity (Wildman–Crippen MR) is 66.2 cm³/mol. The quantitative estimate of drug-likeness (QED) is 0.785. The second-order valence-electron chi connectivity index (χ2n) is 3.65. The Labute approximate surface area is 106 Å². The Morgan fingerprint density at radius 1 is 1.22 bits per heavy atom. The summed E-state index contributed by atoms with van der Waals surface area (Å²) in [7, 11) is 2.92. The molecule has 0 saturated carbocycles. The van der Waals surface area contributed by atoms with Gasteiger partial charge in [-0.3, -0.25) is 4.79 Å². The van der Waals surface area contributed by atoms with Gasteiger partial charge in [-0.05, 0) is 31.0 Å². The highest BCUT2D eigenvalue weighted by Crippen LogP contribution is 2.37. The number of methoxy groups -OCH3 is 2. The Kier molecular flexibility index (Phi) is 5.30. The van der Waals surface area contributed by atoms with Crippen molar-refractivity contribution in [3.63, 3.8) is 0 Å². The molecule has 5 heteroatoms. The zero-order valence-corrected chi connectivity index (χ0v) is 10.9. The van der Waals surface area contributed by atoms with Gasteiger partial charge in [-0.15, -0.1) is 0 Å². The van der Waals surface area contributed by atoms with Gasteiger partial charge in [-0.25, -0.2) is 0 Å². The first-order valence-corrected chi connectivity index (χ1v) is 5.71. The van der Waals surface area contributed by atoms with Crippen LogP contribution in [0.5, 0.6) is 17.2 Å². The number of aryl methyl sites for hydroxylation is 1. The number of phenols is 1. The number of phenolic OH excluding ortho intramolecular Hbond substituents is 1. The summed E-state index contributed by atoms with van der Waals surface area (Å²) in [6, 6.07) is 3.36. The molecule has 0 heterocycles. The highest BCUT2D eigenvalue weighted by atomic mass is 16.5. The van der Waals surface area contributed by atoms with Gasteiger partial charge in [0, 0.05) is 6.42 Å². The third-order valence-corrected chi connectivity index (χ3v) is 2.46. The Hall–Kier alpha value is -1.91. The van der Waals surface area contributed by atoms with Crippen molar-refractivity contribution in [2.75, 3.05) is 20.8 Å². The number of rotatable bonds is 6. The van der Waals surface area contributed by atoms with Crippen molar-refractivity contribution >= 4 is 5.97 Å². The van der Waals surface area contributed by atoms with Crippen molar-refractivity contribution in [3.8, 4) is 17.2 Å². The van der Waals surface area contributed by atoms with Gasteiger partial charge in [0.1, 0.15) is 0 Å². The molecule has 0 fully saturated rings. The normalized spacial score (nSPS) is 9.94. The number of carbonyl (C=O) groups is 1. The van der Waals surface area contributed by atoms with Crippen LogP contribution in [0.4, 0.5) is 0 Å². The molecule has 0 saturated heterocycles. The van der Waals surface area contributed by atoms with Crippen LogP contribution in [0.15, 0.2) is 12.1 Å². The molecule has 0 aliphatic heterocycles. The average Bonchev–Trinajstić information content (AvgIpc) is 2.37. The lowest BCUT2D eigenvalue weighted by Gasteiger charge is -2.11. The summed E-state index contributed by atoms with van der Waals surface area (Å²) in [5.41, 5.74) is 0.842. The Morgan fingerprint density at radius 3 is 2.22 bits per heavy atom. The fraction of sp³-hybridized carbons (Fsp3) is 0.462. The average molecular weight is 254 g/mol. The van der Waals surface area contributed by atoms with Gasteiger partial charge in [0.25, 0.3) is 0 Å². The highest BCUT2D eigenvalue weighted by Gasteiger charge is 2.12. The number of ether oxygens (including phenoxy) is 3. The molecule has 0 amide bonds. The van der Waals surface area contributed by atoms with Gasteiger partial charge in [0.05, 0.1) is 20.8 Å². The minimum Gasteiger partial charge on any atom is -0.502 e. The van der Waals surface area contributed by atoms with Crippen LogP contribution in [0.25, 0.3) is 0 Å². The van der Waals surface area contributed by atoms with E-state index in [-0.39, 0.29) is 18.1 Å². The third-order valence-electron chi connectivity index (χ3n) is 2.46. The summed E-state index contributed by atoms with van der Waals surface area (Å²) < 4.78 is 14.9. The molecular weight excluding hydrogens is 236 g/mol. The number of carbonyl (C=O) groups excluding carboxylic acids is 1. The smallest absolute Gasteiger partial charge is 0.306 e. The number of hydrogen-bond acceptors (Lipinski definition) is 5. The lowest BCUT2D eigenvalue weighted by atomic mass is 10.1. The molecule has 0 spiro atoms. The summed E-state index contributed by atoms with van der Waals surface area (Å²) in [5, 5.41) is 9.73. The Morgan fingerprint density at radius 2 is 1.78 bits per heavy atom. The van der Waals surface area contributed by atoms with Crippen molar-refractivity contribution in [2.45, 2.75) is 19.8 Å². The summed E-state index contributed by atoms with van der Waals surface area (Å²) in [4.78, 5) is 11.3. The van der Waals surface area contributed by atoms with E-state index in [1.165, 1.54) is 14.2 Å². The molecule has 1 N–H and O–H groups in total. The first kappa shape index (κ1) is 14.2. The molecule has 5 nitrogen and oxygen atoms in total. The zero-order chi connectivity index (χ0) is 13.5. The predicted octanol–water partition coefficient (Wildman–Crippen LogP) is 1.91. The van der Waals surface area contributed by atoms with E-state index in [1.807, 2.05) is 0 Å². The molecule has 100 valence electrons. The van der Waals surface area contributed by atoms with E-state index in [0.717, 1.165) is 5.56 Å². The van der Waals surface area contributed by atoms with Crippen molar-refractivity contribution in [1.29, 1.82) is 0 Å². The maximum atomic E-state index is 11.3. The first-order chi connectivity index (χ1) is 8.62. The second-order valence-corrected chi connectivity index (χ2v) is 3.65. The van der Waals surface area contributed by atoms with E-state index in [0.29, 0.717) is 24.5 Å². The van der Waals surface area contributed by atoms with Gasteiger partial charge in [-0.1, -0.05) is 0 Å². The van der Waals surface area contributed by atoms with Gasteiger partial charge >= 0.3 is 5.97 Å². The van der Waals surface area contributed by atoms with E-state index in [1.54, 1.807) is 19.1 Å². The van der Waals surface area contributed by atoms with E-state index in [4.69, 9.17) is 14.2 Å². The number of benzene rings is 1. The molecule has 0 unspecified atom stereocenters. The van der Waals surface area contributed by atoms with Crippen molar-refractivity contribution in [2.24, 2.45) is 0 Å². The summed E-state index contributed by atoms with van der Waals surface area (Å²) >= 11 is 0. The van der Waals surface area contributed by atoms with E-state index in [9.17, 15) is 9.90 Å². The minimum absolute atomic E-state index is 0.0418. The lowest BCUT2D eigenvalue weighted by Crippen LogP contribution is -2.05. The van der Waals surface area contributed by atoms with Crippen LogP contribution in [0.3, 0.4) is 0 Å². The van der Waals surface area contributed by atoms with E-state index in [2.05, 4.69) is 0 Å². The van der Waals surface area contributed by atoms with Crippen LogP contribution in [-0.4, -0.2) is 31.9 Å². The Balaban J connectivity index is 2.80. The first-order valence-electron chi connectivity index (χ1n) is 5.71. The van der Waals surface area contributed by atoms with E-state index >= 15 is 0 Å². The second kappa shape index (κ2) is 6.74. The van der Waals surface area contributed by atoms with Gasteiger partial charge in [0.15, 0.2) is 11.5 Å². The maximum absolute atomic E-state index is 11.3. The van der Waals surface area contributed by atoms with Gasteiger partial charge < -0.3 is 19.3 Å². The highest BCUT2D eigenvalue weighted by molar-refractivity contribution is 5.69. The molecule has 0 aliphatic rings. The molecule has 0 radical (unpaired) electrons. The van der Waals surface area contributed by atoms with Gasteiger partial charge in [-0.2, -0.15) is 0 Å². The van der Waals surface area contributed by atoms with E-state index < -0.39 is 0 Å². The molecule has 0 aromatic heterocycles. The standard InChI is InChI=1S/C13H18O5/c1-4-18-12(14)6-5-9-7-10(16-2)13(15)11(8-9)17-3/h7-8,15H,4-6H2,1-3H3. The van der Waals surface area contributed by atoms with Crippen LogP contribution in [0, 0.1) is 0 Å². The largest absolute Gasteiger partial charge is 0.502 e. The molecule has 1 aromatic carbocycles. The summed E-state index contributed by atoms with van der Waals surface area (Å²) in [5.74, 6) is 0.366. The maximum Gasteiger partial charge on any atom is 0.306 e. The molecule has 0 bridgehead atoms. The van der Waals surface area contributed by atoms with Crippen LogP contribution in [0.1, 0.15) is 18.9 Å². The monoisotopic (exact) mass is 254 g/mol. The summed E-state index contributed by atoms with van der Waals surface area (Å²) in [6.07, 6.45) is 0.788. The molecule has 0 atom stereocenters. The zero-order valence-electron chi connectivity index (χ0n) is 10.9. The molecular formula is C13H18O5. The van der Waals surface area contributed by atoms with Crippen molar-refractivity contribution in [1.82, 2.24) is 0 Å². The fourth-order valence-corrected chi connectivity index (χ4v) is 1.57. The molecule has 0 aliphatic carbocycles. The summed E-state index contributed by atoms with van der Waals surface area (Å²) in [6.45, 7) is 2.14. The van der Waals surface area contributed by atoms with Gasteiger partial charge in [0.2, 0.25) is 5.75 Å². The SMILES string of the molecule is CCOC(=O)CCc1cc(OC)c(O)c(OC)c1. The lowest BCUT2D eigenvalue weighted by molar-refractivity contribution is -0.143. The number of esters is 1. The fourth-order valence-electron chi connectivity index (χ4n) is 1.57.